The van der Waals surface area contributed by atoms with Crippen LogP contribution in [0.3, 0.4) is 0 Å². The van der Waals surface area contributed by atoms with E-state index in [0.29, 0.717) is 29.9 Å². The minimum Gasteiger partial charge on any atom is -0.310 e. The zero-order chi connectivity index (χ0) is 24.9. The van der Waals surface area contributed by atoms with E-state index in [1.165, 1.54) is 29.1 Å². The third-order valence-electron chi connectivity index (χ3n) is 6.38. The van der Waals surface area contributed by atoms with Crippen LogP contribution in [0.5, 0.6) is 0 Å². The van der Waals surface area contributed by atoms with Gasteiger partial charge in [-0.25, -0.2) is 14.1 Å². The predicted molar refractivity (Wildman–Crippen MR) is 115 cm³/mol. The normalized spacial score (nSPS) is 18.7. The molecular weight excluding hydrogens is 466 g/mol. The Balaban J connectivity index is 1.58. The highest BCUT2D eigenvalue weighted by molar-refractivity contribution is 5.80. The Kier molecular flexibility index (Phi) is 5.35. The fourth-order valence-corrected chi connectivity index (χ4v) is 4.37. The number of halogens is 4. The zero-order valence-corrected chi connectivity index (χ0v) is 18.2. The third-order valence-corrected chi connectivity index (χ3v) is 6.38. The van der Waals surface area contributed by atoms with E-state index in [2.05, 4.69) is 25.0 Å². The highest BCUT2D eigenvalue weighted by Gasteiger charge is 2.38. The van der Waals surface area contributed by atoms with Gasteiger partial charge in [-0.1, -0.05) is 6.07 Å². The van der Waals surface area contributed by atoms with Gasteiger partial charge in [0, 0.05) is 24.2 Å². The zero-order valence-electron chi connectivity index (χ0n) is 18.2. The molecule has 0 aromatic carbocycles. The second kappa shape index (κ2) is 8.26. The van der Waals surface area contributed by atoms with Crippen LogP contribution in [-0.2, 0) is 6.18 Å². The molecule has 0 saturated heterocycles. The van der Waals surface area contributed by atoms with Gasteiger partial charge in [0.05, 0.1) is 11.7 Å². The topological polar surface area (TPSA) is 113 Å². The molecule has 0 spiro atoms. The smallest absolute Gasteiger partial charge is 0.310 e. The van der Waals surface area contributed by atoms with Crippen molar-refractivity contribution in [3.8, 4) is 6.07 Å². The van der Waals surface area contributed by atoms with Crippen LogP contribution in [0.2, 0.25) is 0 Å². The summed E-state index contributed by atoms with van der Waals surface area (Å²) in [6, 6.07) is 6.13. The Labute approximate surface area is 195 Å². The van der Waals surface area contributed by atoms with Gasteiger partial charge in [-0.15, -0.1) is 0 Å². The van der Waals surface area contributed by atoms with Crippen molar-refractivity contribution in [3.63, 3.8) is 0 Å². The lowest BCUT2D eigenvalue weighted by atomic mass is 9.71. The van der Waals surface area contributed by atoms with Crippen molar-refractivity contribution in [2.75, 3.05) is 0 Å². The molecule has 0 aliphatic heterocycles. The van der Waals surface area contributed by atoms with Crippen molar-refractivity contribution in [3.05, 3.63) is 81.3 Å². The van der Waals surface area contributed by atoms with Gasteiger partial charge in [0.1, 0.15) is 28.8 Å². The van der Waals surface area contributed by atoms with E-state index in [1.54, 1.807) is 6.92 Å². The average Bonchev–Trinajstić information content (AvgIpc) is 3.18. The lowest BCUT2D eigenvalue weighted by molar-refractivity contribution is -0.141. The van der Waals surface area contributed by atoms with Gasteiger partial charge in [-0.2, -0.15) is 23.5 Å². The number of aromatic amines is 1. The van der Waals surface area contributed by atoms with Gasteiger partial charge in [0.15, 0.2) is 11.3 Å². The Bertz CT molecular complexity index is 1520. The first-order valence-electron chi connectivity index (χ1n) is 10.7. The molecule has 1 saturated carbocycles. The highest BCUT2D eigenvalue weighted by atomic mass is 19.4. The Morgan fingerprint density at radius 3 is 2.57 bits per heavy atom. The molecule has 1 aliphatic rings. The van der Waals surface area contributed by atoms with Crippen molar-refractivity contribution in [1.82, 2.24) is 29.7 Å². The molecule has 0 radical (unpaired) electrons. The lowest BCUT2D eigenvalue weighted by Crippen LogP contribution is -2.28. The van der Waals surface area contributed by atoms with Gasteiger partial charge in [0.25, 0.3) is 5.56 Å². The van der Waals surface area contributed by atoms with Crippen molar-refractivity contribution in [1.29, 1.82) is 5.26 Å². The quantitative estimate of drug-likeness (QED) is 0.435. The first-order valence-corrected chi connectivity index (χ1v) is 10.7. The molecule has 1 N–H and O–H groups in total. The summed E-state index contributed by atoms with van der Waals surface area (Å²) in [5, 5.41) is 13.7. The van der Waals surface area contributed by atoms with Gasteiger partial charge in [-0.3, -0.25) is 14.8 Å². The molecule has 0 bridgehead atoms. The van der Waals surface area contributed by atoms with Crippen molar-refractivity contribution in [2.24, 2.45) is 0 Å². The summed E-state index contributed by atoms with van der Waals surface area (Å²) in [4.78, 5) is 27.8. The lowest BCUT2D eigenvalue weighted by Gasteiger charge is -2.35. The molecule has 1 fully saturated rings. The molecule has 1 aliphatic carbocycles. The van der Waals surface area contributed by atoms with Crippen LogP contribution in [0, 0.1) is 17.1 Å². The molecule has 8 nitrogen and oxygen atoms in total. The number of nitrogens with one attached hydrogen (secondary N) is 1. The molecule has 3 atom stereocenters. The number of fused-ring (bicyclic) bond motifs is 1. The molecule has 35 heavy (non-hydrogen) atoms. The molecule has 3 unspecified atom stereocenters. The second-order valence-electron chi connectivity index (χ2n) is 8.37. The van der Waals surface area contributed by atoms with E-state index in [1.807, 2.05) is 6.07 Å². The Hall–Kier alpha value is -4.14. The van der Waals surface area contributed by atoms with Crippen LogP contribution in [0.4, 0.5) is 17.6 Å². The van der Waals surface area contributed by atoms with E-state index in [0.717, 1.165) is 12.3 Å². The van der Waals surface area contributed by atoms with E-state index in [-0.39, 0.29) is 28.6 Å². The number of nitriles is 1. The van der Waals surface area contributed by atoms with E-state index >= 15 is 0 Å². The van der Waals surface area contributed by atoms with Crippen LogP contribution in [0.15, 0.2) is 41.5 Å². The summed E-state index contributed by atoms with van der Waals surface area (Å²) >= 11 is 0. The van der Waals surface area contributed by atoms with Gasteiger partial charge >= 0.3 is 6.18 Å². The number of aromatic nitrogens is 6. The largest absolute Gasteiger partial charge is 0.433 e. The molecule has 4 heterocycles. The number of alkyl halides is 3. The minimum absolute atomic E-state index is 0.0251. The number of H-pyrrole nitrogens is 1. The van der Waals surface area contributed by atoms with Crippen LogP contribution in [0.25, 0.3) is 11.0 Å². The number of rotatable bonds is 4. The van der Waals surface area contributed by atoms with Gasteiger partial charge in [0.2, 0.25) is 0 Å². The summed E-state index contributed by atoms with van der Waals surface area (Å²) < 4.78 is 54.3. The SMILES string of the molecule is CC(c1ccc(C(F)(F)F)nc1)n1nc(C#N)c2c(=O)[nH]c(C3CCC3c3ncccc3F)nc21. The number of nitrogens with zero attached hydrogens (tertiary/aromatic N) is 6. The molecule has 12 heteroatoms. The molecule has 178 valence electrons. The molecule has 4 aromatic rings. The van der Waals surface area contributed by atoms with Crippen LogP contribution in [0.1, 0.15) is 66.1 Å². The monoisotopic (exact) mass is 483 g/mol. The third kappa shape index (κ3) is 3.82. The fourth-order valence-electron chi connectivity index (χ4n) is 4.37. The maximum Gasteiger partial charge on any atom is 0.433 e. The Morgan fingerprint density at radius 1 is 1.20 bits per heavy atom. The fraction of sp³-hybridized carbons (Fsp3) is 0.304. The maximum atomic E-state index is 14.3. The van der Waals surface area contributed by atoms with E-state index < -0.39 is 29.3 Å². The standard InChI is InChI=1S/C23H17F4N7O/c1-11(12-4-7-17(30-10-12)23(25,26)27)34-21-18(16(9-28)33-34)22(35)32-20(31-21)14-6-5-13(14)19-15(24)3-2-8-29-19/h2-4,7-8,10-11,13-14H,5-6H2,1H3,(H,31,32,35). The van der Waals surface area contributed by atoms with Gasteiger partial charge < -0.3 is 4.98 Å². The summed E-state index contributed by atoms with van der Waals surface area (Å²) in [5.74, 6) is -0.702. The maximum absolute atomic E-state index is 14.3. The van der Waals surface area contributed by atoms with Crippen LogP contribution in [-0.4, -0.2) is 29.7 Å². The Morgan fingerprint density at radius 2 is 1.97 bits per heavy atom. The molecular formula is C23H17F4N7O. The second-order valence-corrected chi connectivity index (χ2v) is 8.37. The summed E-state index contributed by atoms with van der Waals surface area (Å²) in [5.41, 5.74) is -0.980. The molecule has 0 amide bonds. The summed E-state index contributed by atoms with van der Waals surface area (Å²) in [7, 11) is 0. The van der Waals surface area contributed by atoms with Gasteiger partial charge in [-0.05, 0) is 43.5 Å². The average molecular weight is 483 g/mol. The molecule has 5 rings (SSSR count). The highest BCUT2D eigenvalue weighted by Crippen LogP contribution is 2.48. The van der Waals surface area contributed by atoms with Crippen molar-refractivity contribution in [2.45, 2.75) is 43.8 Å². The van der Waals surface area contributed by atoms with E-state index in [4.69, 9.17) is 0 Å². The predicted octanol–water partition coefficient (Wildman–Crippen LogP) is 4.21. The molecule has 4 aromatic heterocycles. The minimum atomic E-state index is -4.58. The van der Waals surface area contributed by atoms with E-state index in [9.17, 15) is 27.6 Å². The number of pyridine rings is 2. The summed E-state index contributed by atoms with van der Waals surface area (Å²) in [6.07, 6.45) is -0.693. The number of hydrogen-bond donors (Lipinski definition) is 1. The number of hydrogen-bond acceptors (Lipinski definition) is 6. The first-order chi connectivity index (χ1) is 16.7. The summed E-state index contributed by atoms with van der Waals surface area (Å²) in [6.45, 7) is 1.65. The van der Waals surface area contributed by atoms with Crippen LogP contribution >= 0.6 is 0 Å². The van der Waals surface area contributed by atoms with Crippen molar-refractivity contribution >= 4 is 11.0 Å². The van der Waals surface area contributed by atoms with Crippen LogP contribution < -0.4 is 5.56 Å². The van der Waals surface area contributed by atoms with Crippen molar-refractivity contribution < 1.29 is 17.6 Å². The first kappa shape index (κ1) is 22.6.